The maximum Gasteiger partial charge on any atom is 0.326 e. The van der Waals surface area contributed by atoms with E-state index in [1.807, 2.05) is 0 Å². The average molecular weight is 275 g/mol. The van der Waals surface area contributed by atoms with Crippen LogP contribution < -0.4 is 0 Å². The molecule has 0 aliphatic heterocycles. The highest BCUT2D eigenvalue weighted by atomic mass is 32.1. The van der Waals surface area contributed by atoms with Gasteiger partial charge in [-0.15, -0.1) is 11.3 Å². The largest absolute Gasteiger partial charge is 0.480 e. The molecule has 0 saturated heterocycles. The summed E-state index contributed by atoms with van der Waals surface area (Å²) in [5.41, 5.74) is 0.577. The van der Waals surface area contributed by atoms with Crippen molar-refractivity contribution >= 4 is 35.5 Å². The summed E-state index contributed by atoms with van der Waals surface area (Å²) in [7, 11) is 0. The van der Waals surface area contributed by atoms with Gasteiger partial charge in [0.05, 0.1) is 13.0 Å². The SMILES string of the molecule is CCOC(=O)Cc1csc(=S)n1C(C)C(=O)O. The van der Waals surface area contributed by atoms with Crippen molar-refractivity contribution in [2.75, 3.05) is 6.61 Å². The molecular formula is C10H13NO4S2. The third kappa shape index (κ3) is 3.37. The van der Waals surface area contributed by atoms with E-state index < -0.39 is 12.0 Å². The second-order valence-corrected chi connectivity index (χ2v) is 4.86. The number of ether oxygens (including phenoxy) is 1. The summed E-state index contributed by atoms with van der Waals surface area (Å²) < 4.78 is 6.74. The minimum Gasteiger partial charge on any atom is -0.480 e. The molecule has 1 rings (SSSR count). The molecule has 1 aromatic heterocycles. The van der Waals surface area contributed by atoms with E-state index in [1.54, 1.807) is 12.3 Å². The normalized spacial score (nSPS) is 12.1. The van der Waals surface area contributed by atoms with Crippen molar-refractivity contribution in [1.82, 2.24) is 4.57 Å². The van der Waals surface area contributed by atoms with E-state index in [1.165, 1.54) is 22.8 Å². The molecule has 0 bridgehead atoms. The monoisotopic (exact) mass is 275 g/mol. The van der Waals surface area contributed by atoms with Crippen molar-refractivity contribution < 1.29 is 19.4 Å². The van der Waals surface area contributed by atoms with Gasteiger partial charge in [-0.1, -0.05) is 0 Å². The quantitative estimate of drug-likeness (QED) is 0.658. The van der Waals surface area contributed by atoms with Gasteiger partial charge in [0.25, 0.3) is 0 Å². The zero-order valence-electron chi connectivity index (χ0n) is 9.50. The number of hydrogen-bond donors (Lipinski definition) is 1. The first kappa shape index (κ1) is 13.9. The smallest absolute Gasteiger partial charge is 0.326 e. The molecule has 1 N–H and O–H groups in total. The van der Waals surface area contributed by atoms with Gasteiger partial charge in [-0.25, -0.2) is 4.79 Å². The summed E-state index contributed by atoms with van der Waals surface area (Å²) in [4.78, 5) is 22.3. The third-order valence-electron chi connectivity index (χ3n) is 2.18. The fourth-order valence-corrected chi connectivity index (χ4v) is 2.60. The molecule has 0 amide bonds. The zero-order valence-corrected chi connectivity index (χ0v) is 11.1. The lowest BCUT2D eigenvalue weighted by molar-refractivity contribution is -0.143. The second kappa shape index (κ2) is 5.92. The molecule has 0 spiro atoms. The summed E-state index contributed by atoms with van der Waals surface area (Å²) in [6.45, 7) is 3.55. The Morgan fingerprint density at radius 2 is 2.29 bits per heavy atom. The molecule has 0 aliphatic rings. The molecule has 0 radical (unpaired) electrons. The van der Waals surface area contributed by atoms with Gasteiger partial charge in [0, 0.05) is 11.1 Å². The van der Waals surface area contributed by atoms with Crippen molar-refractivity contribution in [3.8, 4) is 0 Å². The Labute approximate surface area is 108 Å². The van der Waals surface area contributed by atoms with E-state index >= 15 is 0 Å². The molecule has 1 atom stereocenters. The third-order valence-corrected chi connectivity index (χ3v) is 3.45. The van der Waals surface area contributed by atoms with Crippen LogP contribution in [-0.2, 0) is 20.7 Å². The van der Waals surface area contributed by atoms with Crippen molar-refractivity contribution in [3.63, 3.8) is 0 Å². The molecule has 0 aliphatic carbocycles. The number of hydrogen-bond acceptors (Lipinski definition) is 5. The Morgan fingerprint density at radius 3 is 2.82 bits per heavy atom. The maximum atomic E-state index is 11.4. The van der Waals surface area contributed by atoms with Gasteiger partial charge in [-0.05, 0) is 26.1 Å². The first-order valence-electron chi connectivity index (χ1n) is 5.04. The first-order valence-corrected chi connectivity index (χ1v) is 6.33. The molecule has 94 valence electrons. The highest BCUT2D eigenvalue weighted by Gasteiger charge is 2.19. The number of esters is 1. The molecule has 0 aromatic carbocycles. The van der Waals surface area contributed by atoms with Crippen molar-refractivity contribution in [1.29, 1.82) is 0 Å². The zero-order chi connectivity index (χ0) is 13.0. The topological polar surface area (TPSA) is 68.5 Å². The van der Waals surface area contributed by atoms with Crippen LogP contribution in [0.5, 0.6) is 0 Å². The van der Waals surface area contributed by atoms with Crippen LogP contribution in [0.4, 0.5) is 0 Å². The van der Waals surface area contributed by atoms with Gasteiger partial charge >= 0.3 is 11.9 Å². The van der Waals surface area contributed by atoms with Gasteiger partial charge in [0.2, 0.25) is 0 Å². The fraction of sp³-hybridized carbons (Fsp3) is 0.500. The molecule has 0 fully saturated rings. The minimum absolute atomic E-state index is 0.0403. The Hall–Kier alpha value is -1.21. The van der Waals surface area contributed by atoms with Crippen LogP contribution in [0.25, 0.3) is 0 Å². The van der Waals surface area contributed by atoms with E-state index in [0.29, 0.717) is 16.3 Å². The van der Waals surface area contributed by atoms with E-state index in [4.69, 9.17) is 22.1 Å². The standard InChI is InChI=1S/C10H13NO4S2/c1-3-15-8(12)4-7-5-17-10(16)11(7)6(2)9(13)14/h5-6H,3-4H2,1-2H3,(H,13,14). The molecule has 5 nitrogen and oxygen atoms in total. The number of carbonyl (C=O) groups excluding carboxylic acids is 1. The van der Waals surface area contributed by atoms with Crippen LogP contribution in [0.3, 0.4) is 0 Å². The predicted octanol–water partition coefficient (Wildman–Crippen LogP) is 2.03. The summed E-state index contributed by atoms with van der Waals surface area (Å²) in [5, 5.41) is 10.7. The van der Waals surface area contributed by atoms with Gasteiger partial charge in [-0.2, -0.15) is 0 Å². The molecule has 1 heterocycles. The number of aliphatic carboxylic acids is 1. The molecule has 7 heteroatoms. The van der Waals surface area contributed by atoms with Crippen LogP contribution in [0.2, 0.25) is 0 Å². The van der Waals surface area contributed by atoms with Crippen LogP contribution in [-0.4, -0.2) is 28.2 Å². The second-order valence-electron chi connectivity index (χ2n) is 3.36. The summed E-state index contributed by atoms with van der Waals surface area (Å²) in [5.74, 6) is -1.36. The number of rotatable bonds is 5. The van der Waals surface area contributed by atoms with E-state index in [9.17, 15) is 9.59 Å². The molecule has 1 aromatic rings. The lowest BCUT2D eigenvalue weighted by Gasteiger charge is -2.12. The van der Waals surface area contributed by atoms with Crippen molar-refractivity contribution in [2.24, 2.45) is 0 Å². The highest BCUT2D eigenvalue weighted by molar-refractivity contribution is 7.73. The summed E-state index contributed by atoms with van der Waals surface area (Å²) >= 11 is 6.30. The summed E-state index contributed by atoms with van der Waals surface area (Å²) in [6.07, 6.45) is 0.0403. The Balaban J connectivity index is 2.98. The molecular weight excluding hydrogens is 262 g/mol. The van der Waals surface area contributed by atoms with Crippen molar-refractivity contribution in [2.45, 2.75) is 26.3 Å². The minimum atomic E-state index is -0.982. The average Bonchev–Trinajstić information content (AvgIpc) is 2.59. The maximum absolute atomic E-state index is 11.4. The van der Waals surface area contributed by atoms with Gasteiger partial charge < -0.3 is 14.4 Å². The Morgan fingerprint density at radius 1 is 1.65 bits per heavy atom. The number of carboxylic acids is 1. The number of aromatic nitrogens is 1. The van der Waals surface area contributed by atoms with Gasteiger partial charge in [0.1, 0.15) is 6.04 Å². The van der Waals surface area contributed by atoms with E-state index in [0.717, 1.165) is 0 Å². The molecule has 17 heavy (non-hydrogen) atoms. The number of carbonyl (C=O) groups is 2. The Kier molecular flexibility index (Phi) is 4.83. The molecule has 0 saturated carbocycles. The first-order chi connectivity index (χ1) is 7.97. The van der Waals surface area contributed by atoms with Gasteiger partial charge in [0.15, 0.2) is 3.95 Å². The lowest BCUT2D eigenvalue weighted by Crippen LogP contribution is -2.20. The van der Waals surface area contributed by atoms with Crippen LogP contribution in [0.1, 0.15) is 25.6 Å². The van der Waals surface area contributed by atoms with Crippen LogP contribution >= 0.6 is 23.6 Å². The highest BCUT2D eigenvalue weighted by Crippen LogP contribution is 2.18. The lowest BCUT2D eigenvalue weighted by atomic mass is 10.3. The number of carboxylic acid groups (broad SMARTS) is 1. The molecule has 1 unspecified atom stereocenters. The number of thiazole rings is 1. The summed E-state index contributed by atoms with van der Waals surface area (Å²) in [6, 6.07) is -0.779. The number of nitrogens with zero attached hydrogens (tertiary/aromatic N) is 1. The van der Waals surface area contributed by atoms with Crippen molar-refractivity contribution in [3.05, 3.63) is 15.0 Å². The predicted molar refractivity (Wildman–Crippen MR) is 65.8 cm³/mol. The Bertz CT molecular complexity index is 477. The van der Waals surface area contributed by atoms with Gasteiger partial charge in [-0.3, -0.25) is 4.79 Å². The van der Waals surface area contributed by atoms with Crippen LogP contribution in [0.15, 0.2) is 5.38 Å². The van der Waals surface area contributed by atoms with Crippen LogP contribution in [0, 0.1) is 3.95 Å². The van der Waals surface area contributed by atoms with E-state index in [-0.39, 0.29) is 12.4 Å². The fourth-order valence-electron chi connectivity index (χ4n) is 1.35. The van der Waals surface area contributed by atoms with E-state index in [2.05, 4.69) is 0 Å².